The molecule has 0 bridgehead atoms. The Kier molecular flexibility index (Phi) is 6.42. The van der Waals surface area contributed by atoms with Gasteiger partial charge in [-0.05, 0) is 57.1 Å². The van der Waals surface area contributed by atoms with Gasteiger partial charge in [0, 0.05) is 5.92 Å². The molecule has 0 aliphatic carbocycles. The number of piperidine rings is 1. The second-order valence-electron chi connectivity index (χ2n) is 5.93. The maximum Gasteiger partial charge on any atom is 0.223 e. The van der Waals surface area contributed by atoms with E-state index in [2.05, 4.69) is 16.1 Å². The van der Waals surface area contributed by atoms with Crippen molar-refractivity contribution in [1.29, 1.82) is 0 Å². The first-order chi connectivity index (χ1) is 11.1. The van der Waals surface area contributed by atoms with Gasteiger partial charge in [0.15, 0.2) is 0 Å². The van der Waals surface area contributed by atoms with E-state index in [0.717, 1.165) is 25.9 Å². The normalized spacial score (nSPS) is 17.3. The van der Waals surface area contributed by atoms with Crippen molar-refractivity contribution in [2.45, 2.75) is 25.8 Å². The average molecular weight is 318 g/mol. The van der Waals surface area contributed by atoms with Crippen molar-refractivity contribution in [2.75, 3.05) is 26.2 Å². The summed E-state index contributed by atoms with van der Waals surface area (Å²) in [5.41, 5.74) is 0. The zero-order valence-electron chi connectivity index (χ0n) is 13.4. The molecule has 23 heavy (non-hydrogen) atoms. The third-order valence-electron chi connectivity index (χ3n) is 3.98. The highest BCUT2D eigenvalue weighted by Gasteiger charge is 2.25. The van der Waals surface area contributed by atoms with E-state index in [0.29, 0.717) is 18.9 Å². The minimum atomic E-state index is -0.296. The van der Waals surface area contributed by atoms with Crippen LogP contribution in [0.2, 0.25) is 0 Å². The maximum atomic E-state index is 12.8. The van der Waals surface area contributed by atoms with Crippen LogP contribution in [0.3, 0.4) is 0 Å². The summed E-state index contributed by atoms with van der Waals surface area (Å²) < 4.78 is 18.4. The summed E-state index contributed by atoms with van der Waals surface area (Å²) in [6.45, 7) is 4.63. The van der Waals surface area contributed by atoms with Gasteiger partial charge >= 0.3 is 0 Å². The molecular formula is C18H23FN2O2. The van der Waals surface area contributed by atoms with E-state index in [-0.39, 0.29) is 23.7 Å². The number of carbonyl (C=O) groups is 1. The van der Waals surface area contributed by atoms with Gasteiger partial charge in [-0.25, -0.2) is 4.39 Å². The molecule has 1 N–H and O–H groups in total. The number of halogens is 1. The summed E-state index contributed by atoms with van der Waals surface area (Å²) in [6.07, 6.45) is 6.97. The van der Waals surface area contributed by atoms with Crippen molar-refractivity contribution < 1.29 is 13.9 Å². The lowest BCUT2D eigenvalue weighted by molar-refractivity contribution is -0.127. The highest BCUT2D eigenvalue weighted by Crippen LogP contribution is 2.17. The molecular weight excluding hydrogens is 295 g/mol. The molecule has 1 aromatic rings. The molecule has 1 fully saturated rings. The van der Waals surface area contributed by atoms with E-state index in [9.17, 15) is 9.18 Å². The molecule has 1 heterocycles. The summed E-state index contributed by atoms with van der Waals surface area (Å²) in [7, 11) is 0. The first-order valence-electron chi connectivity index (χ1n) is 7.93. The Morgan fingerprint density at radius 1 is 1.43 bits per heavy atom. The van der Waals surface area contributed by atoms with Crippen LogP contribution in [0.1, 0.15) is 19.8 Å². The van der Waals surface area contributed by atoms with Crippen molar-refractivity contribution in [2.24, 2.45) is 5.92 Å². The van der Waals surface area contributed by atoms with E-state index < -0.39 is 0 Å². The lowest BCUT2D eigenvalue weighted by Gasteiger charge is -2.30. The standard InChI is InChI=1S/C18H23FN2O2/c1-3-10-21-11-8-15(9-12-21)18(22)20-14(2)13-23-17-6-4-16(19)5-7-17/h1,4-7,14-15H,8-13H2,2H3,(H,20,22)/t14-/m0/s1. The summed E-state index contributed by atoms with van der Waals surface area (Å²) in [6, 6.07) is 5.75. The molecule has 0 spiro atoms. The topological polar surface area (TPSA) is 41.6 Å². The zero-order chi connectivity index (χ0) is 16.7. The SMILES string of the molecule is C#CCN1CCC(C(=O)N[C@@H](C)COc2ccc(F)cc2)CC1. The minimum Gasteiger partial charge on any atom is -0.491 e. The van der Waals surface area contributed by atoms with E-state index in [1.807, 2.05) is 6.92 Å². The highest BCUT2D eigenvalue weighted by atomic mass is 19.1. The summed E-state index contributed by atoms with van der Waals surface area (Å²) in [5.74, 6) is 3.04. The number of likely N-dealkylation sites (tertiary alicyclic amines) is 1. The third kappa shape index (κ3) is 5.57. The quantitative estimate of drug-likeness (QED) is 0.816. The van der Waals surface area contributed by atoms with Gasteiger partial charge in [-0.2, -0.15) is 0 Å². The van der Waals surface area contributed by atoms with Crippen molar-refractivity contribution in [1.82, 2.24) is 10.2 Å². The largest absolute Gasteiger partial charge is 0.491 e. The lowest BCUT2D eigenvalue weighted by atomic mass is 9.95. The molecule has 0 aromatic heterocycles. The number of hydrogen-bond donors (Lipinski definition) is 1. The Hall–Kier alpha value is -2.06. The van der Waals surface area contributed by atoms with E-state index >= 15 is 0 Å². The molecule has 1 atom stereocenters. The third-order valence-corrected chi connectivity index (χ3v) is 3.98. The van der Waals surface area contributed by atoms with Crippen LogP contribution >= 0.6 is 0 Å². The molecule has 1 saturated heterocycles. The van der Waals surface area contributed by atoms with Gasteiger partial charge < -0.3 is 10.1 Å². The fraction of sp³-hybridized carbons (Fsp3) is 0.500. The van der Waals surface area contributed by atoms with Gasteiger partial charge in [-0.15, -0.1) is 6.42 Å². The fourth-order valence-electron chi connectivity index (χ4n) is 2.64. The monoisotopic (exact) mass is 318 g/mol. The average Bonchev–Trinajstić information content (AvgIpc) is 2.55. The Morgan fingerprint density at radius 2 is 2.09 bits per heavy atom. The van der Waals surface area contributed by atoms with E-state index in [4.69, 9.17) is 11.2 Å². The van der Waals surface area contributed by atoms with Crippen LogP contribution in [-0.2, 0) is 4.79 Å². The number of benzene rings is 1. The molecule has 4 nitrogen and oxygen atoms in total. The van der Waals surface area contributed by atoms with E-state index in [1.54, 1.807) is 12.1 Å². The second kappa shape index (κ2) is 8.54. The van der Waals surface area contributed by atoms with Crippen molar-refractivity contribution in [3.63, 3.8) is 0 Å². The molecule has 5 heteroatoms. The van der Waals surface area contributed by atoms with Crippen molar-refractivity contribution in [3.8, 4) is 18.1 Å². The number of nitrogens with zero attached hydrogens (tertiary/aromatic N) is 1. The Balaban J connectivity index is 1.70. The molecule has 1 aliphatic rings. The van der Waals surface area contributed by atoms with Crippen LogP contribution in [0.5, 0.6) is 5.75 Å². The first kappa shape index (κ1) is 17.3. The molecule has 0 saturated carbocycles. The number of rotatable bonds is 6. The lowest BCUT2D eigenvalue weighted by Crippen LogP contribution is -2.44. The Labute approximate surface area is 137 Å². The highest BCUT2D eigenvalue weighted by molar-refractivity contribution is 5.79. The molecule has 0 radical (unpaired) electrons. The Morgan fingerprint density at radius 3 is 2.70 bits per heavy atom. The number of hydrogen-bond acceptors (Lipinski definition) is 3. The number of nitrogens with one attached hydrogen (secondary N) is 1. The molecule has 1 amide bonds. The smallest absolute Gasteiger partial charge is 0.223 e. The number of ether oxygens (including phenoxy) is 1. The molecule has 1 aliphatic heterocycles. The predicted molar refractivity (Wildman–Crippen MR) is 87.5 cm³/mol. The second-order valence-corrected chi connectivity index (χ2v) is 5.93. The minimum absolute atomic E-state index is 0.0392. The van der Waals surface area contributed by atoms with Crippen molar-refractivity contribution >= 4 is 5.91 Å². The van der Waals surface area contributed by atoms with Crippen LogP contribution in [-0.4, -0.2) is 43.1 Å². The van der Waals surface area contributed by atoms with Crippen LogP contribution in [0, 0.1) is 24.1 Å². The van der Waals surface area contributed by atoms with Gasteiger partial charge in [-0.3, -0.25) is 9.69 Å². The summed E-state index contributed by atoms with van der Waals surface area (Å²) >= 11 is 0. The van der Waals surface area contributed by atoms with Gasteiger partial charge in [0.05, 0.1) is 12.6 Å². The van der Waals surface area contributed by atoms with Gasteiger partial charge in [0.25, 0.3) is 0 Å². The fourth-order valence-corrected chi connectivity index (χ4v) is 2.64. The molecule has 0 unspecified atom stereocenters. The summed E-state index contributed by atoms with van der Waals surface area (Å²) in [5, 5.41) is 2.98. The van der Waals surface area contributed by atoms with E-state index in [1.165, 1.54) is 12.1 Å². The molecule has 2 rings (SSSR count). The molecule has 124 valence electrons. The number of terminal acetylenes is 1. The van der Waals surface area contributed by atoms with Crippen LogP contribution < -0.4 is 10.1 Å². The number of amides is 1. The van der Waals surface area contributed by atoms with Gasteiger partial charge in [0.1, 0.15) is 18.2 Å². The van der Waals surface area contributed by atoms with Crippen LogP contribution in [0.25, 0.3) is 0 Å². The number of carbonyl (C=O) groups excluding carboxylic acids is 1. The molecule has 1 aromatic carbocycles. The Bertz CT molecular complexity index is 545. The van der Waals surface area contributed by atoms with Crippen LogP contribution in [0.4, 0.5) is 4.39 Å². The maximum absolute atomic E-state index is 12.8. The predicted octanol–water partition coefficient (Wildman–Crippen LogP) is 2.05. The van der Waals surface area contributed by atoms with Gasteiger partial charge in [-0.1, -0.05) is 5.92 Å². The van der Waals surface area contributed by atoms with Crippen LogP contribution in [0.15, 0.2) is 24.3 Å². The van der Waals surface area contributed by atoms with Gasteiger partial charge in [0.2, 0.25) is 5.91 Å². The first-order valence-corrected chi connectivity index (χ1v) is 7.93. The van der Waals surface area contributed by atoms with Crippen molar-refractivity contribution in [3.05, 3.63) is 30.1 Å². The zero-order valence-corrected chi connectivity index (χ0v) is 13.4. The summed E-state index contributed by atoms with van der Waals surface area (Å²) in [4.78, 5) is 14.4.